The topological polar surface area (TPSA) is 120 Å². The minimum Gasteiger partial charge on any atom is -0.320 e. The molecule has 2 unspecified atom stereocenters. The van der Waals surface area contributed by atoms with E-state index >= 15 is 0 Å². The van der Waals surface area contributed by atoms with Gasteiger partial charge >= 0.3 is 6.18 Å². The van der Waals surface area contributed by atoms with Crippen LogP contribution in [0.4, 0.5) is 27.6 Å². The Bertz CT molecular complexity index is 1290. The first kappa shape index (κ1) is 23.1. The standard InChI is InChI=1S/C20H20F5N5O3S/c21-19(22)5-4-18(8-12(18)19)9-30-16(14(20(23,24)25)15(29-30)10-1-2-10)17(31)28-11-3-6-27-13(7-11)34(26,32)33/h3,6-7,10,12H,1-2,4-5,8-9H2,(H2,26,32,33)(H,27,28,31). The van der Waals surface area contributed by atoms with Gasteiger partial charge in [0.15, 0.2) is 5.03 Å². The Hall–Kier alpha value is -2.61. The number of hydrogen-bond donors (Lipinski definition) is 2. The van der Waals surface area contributed by atoms with Crippen LogP contribution in [0.2, 0.25) is 0 Å². The first-order chi connectivity index (χ1) is 15.7. The zero-order valence-electron chi connectivity index (χ0n) is 17.6. The van der Waals surface area contributed by atoms with Crippen LogP contribution in [0.3, 0.4) is 0 Å². The Morgan fingerprint density at radius 2 is 1.97 bits per heavy atom. The number of carbonyl (C=O) groups excluding carboxylic acids is 1. The third-order valence-electron chi connectivity index (χ3n) is 6.85. The molecule has 8 nitrogen and oxygen atoms in total. The van der Waals surface area contributed by atoms with Crippen molar-refractivity contribution in [1.82, 2.24) is 14.8 Å². The molecule has 34 heavy (non-hydrogen) atoms. The van der Waals surface area contributed by atoms with Crippen molar-refractivity contribution >= 4 is 21.6 Å². The number of primary sulfonamides is 1. The predicted molar refractivity (Wildman–Crippen MR) is 107 cm³/mol. The van der Waals surface area contributed by atoms with Crippen LogP contribution in [0.5, 0.6) is 0 Å². The van der Waals surface area contributed by atoms with E-state index in [1.807, 2.05) is 0 Å². The molecule has 0 spiro atoms. The number of carbonyl (C=O) groups is 1. The fourth-order valence-electron chi connectivity index (χ4n) is 4.94. The fourth-order valence-corrected chi connectivity index (χ4v) is 5.44. The molecule has 3 saturated carbocycles. The van der Waals surface area contributed by atoms with Gasteiger partial charge < -0.3 is 5.32 Å². The number of alkyl halides is 5. The number of halogens is 5. The molecule has 0 bridgehead atoms. The average molecular weight is 505 g/mol. The summed E-state index contributed by atoms with van der Waals surface area (Å²) in [6.45, 7) is -0.232. The van der Waals surface area contributed by atoms with E-state index in [9.17, 15) is 35.2 Å². The molecule has 0 aliphatic heterocycles. The Labute approximate surface area is 190 Å². The van der Waals surface area contributed by atoms with Crippen LogP contribution < -0.4 is 10.5 Å². The summed E-state index contributed by atoms with van der Waals surface area (Å²) in [7, 11) is -4.22. The molecule has 184 valence electrons. The molecular formula is C20H20F5N5O3S. The SMILES string of the molecule is NS(=O)(=O)c1cc(NC(=O)c2c(C(F)(F)F)c(C3CC3)nn2CC23CCC(F)(F)C2C3)ccn1. The van der Waals surface area contributed by atoms with E-state index < -0.39 is 61.6 Å². The average Bonchev–Trinajstić information content (AvgIpc) is 3.62. The molecule has 2 heterocycles. The summed E-state index contributed by atoms with van der Waals surface area (Å²) < 4.78 is 94.4. The highest BCUT2D eigenvalue weighted by Gasteiger charge is 2.70. The zero-order chi connectivity index (χ0) is 24.7. The van der Waals surface area contributed by atoms with E-state index in [0.717, 1.165) is 16.9 Å². The lowest BCUT2D eigenvalue weighted by Crippen LogP contribution is -2.25. The molecule has 2 atom stereocenters. The van der Waals surface area contributed by atoms with Gasteiger partial charge in [-0.1, -0.05) is 0 Å². The van der Waals surface area contributed by atoms with Crippen molar-refractivity contribution in [1.29, 1.82) is 0 Å². The number of sulfonamides is 1. The van der Waals surface area contributed by atoms with Gasteiger partial charge in [-0.15, -0.1) is 0 Å². The number of nitrogens with one attached hydrogen (secondary N) is 1. The summed E-state index contributed by atoms with van der Waals surface area (Å²) in [6, 6.07) is 2.10. The van der Waals surface area contributed by atoms with Crippen LogP contribution in [0.15, 0.2) is 23.4 Å². The van der Waals surface area contributed by atoms with Gasteiger partial charge in [-0.2, -0.15) is 18.3 Å². The largest absolute Gasteiger partial charge is 0.420 e. The van der Waals surface area contributed by atoms with Crippen molar-refractivity contribution in [3.05, 3.63) is 35.3 Å². The molecular weight excluding hydrogens is 485 g/mol. The summed E-state index contributed by atoms with van der Waals surface area (Å²) in [5.41, 5.74) is -3.28. The summed E-state index contributed by atoms with van der Waals surface area (Å²) in [5.74, 6) is -5.48. The second-order valence-electron chi connectivity index (χ2n) is 9.30. The molecule has 2 aromatic heterocycles. The van der Waals surface area contributed by atoms with Crippen LogP contribution in [0, 0.1) is 11.3 Å². The quantitative estimate of drug-likeness (QED) is 0.583. The van der Waals surface area contributed by atoms with E-state index in [-0.39, 0.29) is 37.2 Å². The summed E-state index contributed by atoms with van der Waals surface area (Å²) in [5, 5.41) is 10.8. The maximum Gasteiger partial charge on any atom is 0.420 e. The van der Waals surface area contributed by atoms with Crippen molar-refractivity contribution in [3.8, 4) is 0 Å². The smallest absolute Gasteiger partial charge is 0.320 e. The number of aromatic nitrogens is 3. The van der Waals surface area contributed by atoms with E-state index in [4.69, 9.17) is 5.14 Å². The highest BCUT2D eigenvalue weighted by atomic mass is 32.2. The number of pyridine rings is 1. The van der Waals surface area contributed by atoms with Crippen molar-refractivity contribution in [3.63, 3.8) is 0 Å². The van der Waals surface area contributed by atoms with E-state index in [1.54, 1.807) is 0 Å². The Morgan fingerprint density at radius 1 is 1.26 bits per heavy atom. The Morgan fingerprint density at radius 3 is 2.50 bits per heavy atom. The van der Waals surface area contributed by atoms with Gasteiger partial charge in [0.05, 0.1) is 5.69 Å². The number of amides is 1. The Balaban J connectivity index is 1.54. The fraction of sp³-hybridized carbons (Fsp3) is 0.550. The second-order valence-corrected chi connectivity index (χ2v) is 10.8. The van der Waals surface area contributed by atoms with Crippen LogP contribution in [-0.2, 0) is 22.7 Å². The third-order valence-corrected chi connectivity index (χ3v) is 7.65. The van der Waals surface area contributed by atoms with Crippen LogP contribution in [0.1, 0.15) is 59.8 Å². The van der Waals surface area contributed by atoms with Gasteiger partial charge in [0.1, 0.15) is 11.3 Å². The van der Waals surface area contributed by atoms with E-state index in [2.05, 4.69) is 15.4 Å². The molecule has 3 fully saturated rings. The number of hydrogen-bond acceptors (Lipinski definition) is 5. The third kappa shape index (κ3) is 3.96. The lowest BCUT2D eigenvalue weighted by Gasteiger charge is -2.16. The van der Waals surface area contributed by atoms with Gasteiger partial charge in [-0.25, -0.2) is 27.3 Å². The summed E-state index contributed by atoms with van der Waals surface area (Å²) in [6.07, 6.45) is -2.98. The second kappa shape index (κ2) is 7.20. The number of fused-ring (bicyclic) bond motifs is 1. The minimum absolute atomic E-state index is 0.133. The monoisotopic (exact) mass is 505 g/mol. The first-order valence-electron chi connectivity index (χ1n) is 10.6. The van der Waals surface area contributed by atoms with Crippen molar-refractivity contribution < 1.29 is 35.2 Å². The maximum atomic E-state index is 14.1. The lowest BCUT2D eigenvalue weighted by atomic mass is 10.0. The molecule has 1 amide bonds. The maximum absolute atomic E-state index is 14.1. The van der Waals surface area contributed by atoms with Crippen molar-refractivity contribution in [2.45, 2.75) is 61.7 Å². The van der Waals surface area contributed by atoms with E-state index in [1.165, 1.54) is 6.07 Å². The summed E-state index contributed by atoms with van der Waals surface area (Å²) >= 11 is 0. The molecule has 3 N–H and O–H groups in total. The van der Waals surface area contributed by atoms with Crippen LogP contribution in [-0.4, -0.2) is 35.0 Å². The van der Waals surface area contributed by atoms with Crippen molar-refractivity contribution in [2.24, 2.45) is 16.5 Å². The van der Waals surface area contributed by atoms with Gasteiger partial charge in [0.2, 0.25) is 0 Å². The number of nitrogens with zero attached hydrogens (tertiary/aromatic N) is 3. The molecule has 3 aliphatic rings. The highest BCUT2D eigenvalue weighted by molar-refractivity contribution is 7.89. The van der Waals surface area contributed by atoms with Crippen LogP contribution in [0.25, 0.3) is 0 Å². The number of nitrogens with two attached hydrogens (primary N) is 1. The lowest BCUT2D eigenvalue weighted by molar-refractivity contribution is -0.138. The number of rotatable bonds is 6. The molecule has 0 aromatic carbocycles. The minimum atomic E-state index is -4.91. The van der Waals surface area contributed by atoms with Gasteiger partial charge in [-0.3, -0.25) is 9.48 Å². The molecule has 14 heteroatoms. The van der Waals surface area contributed by atoms with Crippen molar-refractivity contribution in [2.75, 3.05) is 5.32 Å². The molecule has 0 saturated heterocycles. The van der Waals surface area contributed by atoms with Gasteiger partial charge in [0.25, 0.3) is 21.9 Å². The normalized spacial score (nSPS) is 25.8. The summed E-state index contributed by atoms with van der Waals surface area (Å²) in [4.78, 5) is 16.7. The highest BCUT2D eigenvalue weighted by Crippen LogP contribution is 2.70. The molecule has 3 aliphatic carbocycles. The van der Waals surface area contributed by atoms with E-state index in [0.29, 0.717) is 12.8 Å². The van der Waals surface area contributed by atoms with Gasteiger partial charge in [0, 0.05) is 42.8 Å². The van der Waals surface area contributed by atoms with Gasteiger partial charge in [-0.05, 0) is 37.2 Å². The zero-order valence-corrected chi connectivity index (χ0v) is 18.4. The Kier molecular flexibility index (Phi) is 4.90. The molecule has 0 radical (unpaired) electrons. The number of anilines is 1. The molecule has 2 aromatic rings. The van der Waals surface area contributed by atoms with Crippen LogP contribution >= 0.6 is 0 Å². The molecule has 5 rings (SSSR count). The first-order valence-corrected chi connectivity index (χ1v) is 12.1. The predicted octanol–water partition coefficient (Wildman–Crippen LogP) is 3.51.